The van der Waals surface area contributed by atoms with Crippen molar-refractivity contribution in [1.29, 1.82) is 0 Å². The van der Waals surface area contributed by atoms with Gasteiger partial charge >= 0.3 is 12.0 Å². The molecule has 0 atom stereocenters. The van der Waals surface area contributed by atoms with E-state index < -0.39 is 5.97 Å². The van der Waals surface area contributed by atoms with E-state index >= 15 is 0 Å². The summed E-state index contributed by atoms with van der Waals surface area (Å²) < 4.78 is 1.17. The van der Waals surface area contributed by atoms with Crippen molar-refractivity contribution >= 4 is 49.5 Å². The fourth-order valence-corrected chi connectivity index (χ4v) is 3.33. The number of carbonyl (C=O) groups is 2. The molecule has 1 aliphatic carbocycles. The van der Waals surface area contributed by atoms with Crippen molar-refractivity contribution in [2.24, 2.45) is 0 Å². The normalized spacial score (nSPS) is 13.9. The first-order valence-corrected chi connectivity index (χ1v) is 7.82. The number of nitrogens with zero attached hydrogens (tertiary/aromatic N) is 1. The largest absolute Gasteiger partial charge is 0.478 e. The van der Waals surface area contributed by atoms with Gasteiger partial charge in [0.1, 0.15) is 0 Å². The van der Waals surface area contributed by atoms with E-state index in [1.54, 1.807) is 11.0 Å². The molecule has 0 aliphatic heterocycles. The van der Waals surface area contributed by atoms with Crippen LogP contribution in [0.2, 0.25) is 0 Å². The van der Waals surface area contributed by atoms with Crippen LogP contribution in [0.25, 0.3) is 0 Å². The van der Waals surface area contributed by atoms with Crippen LogP contribution in [0.1, 0.15) is 30.1 Å². The van der Waals surface area contributed by atoms with Gasteiger partial charge in [0.05, 0.1) is 11.3 Å². The molecule has 2 rings (SSSR count). The van der Waals surface area contributed by atoms with Crippen LogP contribution in [0.5, 0.6) is 0 Å². The summed E-state index contributed by atoms with van der Waals surface area (Å²) in [5, 5.41) is 11.9. The lowest BCUT2D eigenvalue weighted by atomic mass is 10.2. The second-order valence-corrected chi connectivity index (χ2v) is 6.33. The fourth-order valence-electron chi connectivity index (χ4n) is 2.00. The monoisotopic (exact) mass is 404 g/mol. The van der Waals surface area contributed by atoms with Crippen LogP contribution < -0.4 is 5.32 Å². The molecule has 1 fully saturated rings. The predicted octanol–water partition coefficient (Wildman–Crippen LogP) is 3.93. The number of anilines is 1. The summed E-state index contributed by atoms with van der Waals surface area (Å²) in [6.45, 7) is 2.51. The smallest absolute Gasteiger partial charge is 0.337 e. The molecular weight excluding hydrogens is 392 g/mol. The molecule has 1 saturated carbocycles. The molecule has 20 heavy (non-hydrogen) atoms. The lowest BCUT2D eigenvalue weighted by molar-refractivity contribution is 0.0698. The molecule has 1 aromatic carbocycles. The average Bonchev–Trinajstić information content (AvgIpc) is 3.17. The van der Waals surface area contributed by atoms with E-state index in [0.717, 1.165) is 12.8 Å². The molecule has 7 heteroatoms. The van der Waals surface area contributed by atoms with Gasteiger partial charge in [-0.15, -0.1) is 0 Å². The molecule has 2 N–H and O–H groups in total. The van der Waals surface area contributed by atoms with Crippen molar-refractivity contribution in [3.8, 4) is 0 Å². The highest BCUT2D eigenvalue weighted by atomic mass is 79.9. The van der Waals surface area contributed by atoms with Gasteiger partial charge < -0.3 is 15.3 Å². The SMILES string of the molecule is CCN(C(=O)Nc1c(Br)cc(Br)cc1C(=O)O)C1CC1. The number of nitrogens with one attached hydrogen (secondary N) is 1. The molecule has 2 amide bonds. The highest BCUT2D eigenvalue weighted by Crippen LogP contribution is 2.32. The maximum Gasteiger partial charge on any atom is 0.337 e. The Kier molecular flexibility index (Phi) is 4.70. The summed E-state index contributed by atoms with van der Waals surface area (Å²) in [7, 11) is 0. The van der Waals surface area contributed by atoms with E-state index in [1.807, 2.05) is 6.92 Å². The number of hydrogen-bond donors (Lipinski definition) is 2. The third-order valence-corrected chi connectivity index (χ3v) is 4.19. The van der Waals surface area contributed by atoms with Crippen LogP contribution >= 0.6 is 31.9 Å². The lowest BCUT2D eigenvalue weighted by Gasteiger charge is -2.22. The first kappa shape index (κ1) is 15.3. The van der Waals surface area contributed by atoms with Gasteiger partial charge in [-0.05, 0) is 47.8 Å². The first-order chi connectivity index (χ1) is 9.43. The molecule has 0 radical (unpaired) electrons. The highest BCUT2D eigenvalue weighted by Gasteiger charge is 2.32. The number of rotatable bonds is 4. The molecule has 0 spiro atoms. The summed E-state index contributed by atoms with van der Waals surface area (Å²) in [5.74, 6) is -1.09. The van der Waals surface area contributed by atoms with Crippen LogP contribution in [0.15, 0.2) is 21.1 Å². The Morgan fingerprint density at radius 3 is 2.55 bits per heavy atom. The number of urea groups is 1. The zero-order valence-electron chi connectivity index (χ0n) is 10.8. The number of hydrogen-bond acceptors (Lipinski definition) is 2. The molecule has 1 aromatic rings. The van der Waals surface area contributed by atoms with E-state index in [1.165, 1.54) is 6.07 Å². The second kappa shape index (κ2) is 6.13. The van der Waals surface area contributed by atoms with Gasteiger partial charge in [-0.25, -0.2) is 9.59 Å². The van der Waals surface area contributed by atoms with Crippen LogP contribution in [-0.2, 0) is 0 Å². The number of carboxylic acids is 1. The topological polar surface area (TPSA) is 69.6 Å². The molecule has 5 nitrogen and oxygen atoms in total. The van der Waals surface area contributed by atoms with Crippen LogP contribution in [0.3, 0.4) is 0 Å². The molecule has 0 heterocycles. The van der Waals surface area contributed by atoms with E-state index in [9.17, 15) is 14.7 Å². The van der Waals surface area contributed by atoms with Gasteiger partial charge in [0.15, 0.2) is 0 Å². The van der Waals surface area contributed by atoms with Crippen molar-refractivity contribution in [2.75, 3.05) is 11.9 Å². The van der Waals surface area contributed by atoms with E-state index in [4.69, 9.17) is 0 Å². The molecule has 0 saturated heterocycles. The van der Waals surface area contributed by atoms with Crippen molar-refractivity contribution in [3.63, 3.8) is 0 Å². The lowest BCUT2D eigenvalue weighted by Crippen LogP contribution is -2.37. The van der Waals surface area contributed by atoms with E-state index in [2.05, 4.69) is 37.2 Å². The Hall–Kier alpha value is -1.08. The summed E-state index contributed by atoms with van der Waals surface area (Å²) in [4.78, 5) is 25.2. The Morgan fingerprint density at radius 1 is 1.40 bits per heavy atom. The summed E-state index contributed by atoms with van der Waals surface area (Å²) in [6.07, 6.45) is 2.02. The minimum atomic E-state index is -1.09. The second-order valence-electron chi connectivity index (χ2n) is 4.56. The Morgan fingerprint density at radius 2 is 2.05 bits per heavy atom. The Bertz CT molecular complexity index is 559. The Balaban J connectivity index is 2.28. The third kappa shape index (κ3) is 3.32. The van der Waals surface area contributed by atoms with Crippen molar-refractivity contribution in [2.45, 2.75) is 25.8 Å². The minimum Gasteiger partial charge on any atom is -0.478 e. The number of carbonyl (C=O) groups excluding carboxylic acids is 1. The average molecular weight is 406 g/mol. The zero-order valence-corrected chi connectivity index (χ0v) is 14.0. The summed E-state index contributed by atoms with van der Waals surface area (Å²) in [5.41, 5.74) is 0.330. The van der Waals surface area contributed by atoms with E-state index in [-0.39, 0.29) is 23.3 Å². The molecule has 0 aromatic heterocycles. The van der Waals surface area contributed by atoms with Crippen LogP contribution in [-0.4, -0.2) is 34.6 Å². The molecular formula is C13H14Br2N2O3. The fraction of sp³-hybridized carbons (Fsp3) is 0.385. The quantitative estimate of drug-likeness (QED) is 0.797. The molecule has 0 unspecified atom stereocenters. The van der Waals surface area contributed by atoms with Gasteiger partial charge in [0, 0.05) is 21.5 Å². The highest BCUT2D eigenvalue weighted by molar-refractivity contribution is 9.11. The van der Waals surface area contributed by atoms with Gasteiger partial charge in [0.25, 0.3) is 0 Å². The Labute approximate surface area is 133 Å². The van der Waals surface area contributed by atoms with Gasteiger partial charge in [-0.2, -0.15) is 0 Å². The van der Waals surface area contributed by atoms with Crippen molar-refractivity contribution in [1.82, 2.24) is 4.90 Å². The molecule has 1 aliphatic rings. The number of amides is 2. The summed E-state index contributed by atoms with van der Waals surface area (Å²) >= 11 is 6.53. The maximum atomic E-state index is 12.2. The number of carboxylic acid groups (broad SMARTS) is 1. The molecule has 0 bridgehead atoms. The van der Waals surface area contributed by atoms with Gasteiger partial charge in [-0.1, -0.05) is 15.9 Å². The number of halogens is 2. The number of aromatic carboxylic acids is 1. The standard InChI is InChI=1S/C13H14Br2N2O3/c1-2-17(8-3-4-8)13(20)16-11-9(12(18)19)5-7(14)6-10(11)15/h5-6,8H,2-4H2,1H3,(H,16,20)(H,18,19). The van der Waals surface area contributed by atoms with Crippen molar-refractivity contribution in [3.05, 3.63) is 26.6 Å². The van der Waals surface area contributed by atoms with Crippen molar-refractivity contribution < 1.29 is 14.7 Å². The number of benzene rings is 1. The third-order valence-electron chi connectivity index (χ3n) is 3.11. The van der Waals surface area contributed by atoms with Crippen LogP contribution in [0, 0.1) is 0 Å². The first-order valence-electron chi connectivity index (χ1n) is 6.24. The zero-order chi connectivity index (χ0) is 14.9. The van der Waals surface area contributed by atoms with Gasteiger partial charge in [0.2, 0.25) is 0 Å². The predicted molar refractivity (Wildman–Crippen MR) is 83.2 cm³/mol. The maximum absolute atomic E-state index is 12.2. The summed E-state index contributed by atoms with van der Waals surface area (Å²) in [6, 6.07) is 3.19. The van der Waals surface area contributed by atoms with Crippen LogP contribution in [0.4, 0.5) is 10.5 Å². The minimum absolute atomic E-state index is 0.0476. The van der Waals surface area contributed by atoms with E-state index in [0.29, 0.717) is 15.5 Å². The van der Waals surface area contributed by atoms with Gasteiger partial charge in [-0.3, -0.25) is 0 Å². The molecule has 108 valence electrons.